The molecule has 3 heterocycles. The molecular formula is C27H21ClN4O3S. The van der Waals surface area contributed by atoms with E-state index < -0.39 is 12.0 Å². The Balaban J connectivity index is 1.76. The average Bonchev–Trinajstić information content (AvgIpc) is 3.36. The Labute approximate surface area is 215 Å². The van der Waals surface area contributed by atoms with Crippen LogP contribution in [0.3, 0.4) is 0 Å². The summed E-state index contributed by atoms with van der Waals surface area (Å²) in [6.45, 7) is 3.87. The molecule has 1 aliphatic heterocycles. The number of benzene rings is 2. The van der Waals surface area contributed by atoms with E-state index in [0.29, 0.717) is 25.6 Å². The highest BCUT2D eigenvalue weighted by Gasteiger charge is 2.34. The number of nitriles is 1. The lowest BCUT2D eigenvalue weighted by molar-refractivity contribution is -0.139. The van der Waals surface area contributed by atoms with Crippen LogP contribution in [0.25, 0.3) is 17.0 Å². The summed E-state index contributed by atoms with van der Waals surface area (Å²) in [6, 6.07) is 16.3. The van der Waals surface area contributed by atoms with Gasteiger partial charge in [-0.2, -0.15) is 5.26 Å². The molecule has 0 N–H and O–H groups in total. The second-order valence-electron chi connectivity index (χ2n) is 8.21. The molecule has 0 radical (unpaired) electrons. The van der Waals surface area contributed by atoms with Crippen LogP contribution in [-0.4, -0.2) is 21.7 Å². The Morgan fingerprint density at radius 3 is 2.75 bits per heavy atom. The first-order valence-electron chi connectivity index (χ1n) is 11.3. The van der Waals surface area contributed by atoms with Crippen LogP contribution in [0.15, 0.2) is 75.8 Å². The van der Waals surface area contributed by atoms with E-state index in [9.17, 15) is 14.9 Å². The van der Waals surface area contributed by atoms with E-state index >= 15 is 0 Å². The second kappa shape index (κ2) is 9.61. The highest BCUT2D eigenvalue weighted by molar-refractivity contribution is 7.07. The molecule has 36 heavy (non-hydrogen) atoms. The number of nitrogens with zero attached hydrogens (tertiary/aromatic N) is 4. The first-order chi connectivity index (χ1) is 17.4. The summed E-state index contributed by atoms with van der Waals surface area (Å²) in [6.07, 6.45) is 3.68. The minimum Gasteiger partial charge on any atom is -0.463 e. The molecule has 1 aliphatic rings. The average molecular weight is 517 g/mol. The number of aromatic nitrogens is 2. The number of ether oxygens (including phenoxy) is 1. The molecule has 0 aliphatic carbocycles. The van der Waals surface area contributed by atoms with Crippen molar-refractivity contribution < 1.29 is 9.53 Å². The molecule has 0 bridgehead atoms. The molecule has 0 saturated carbocycles. The molecule has 180 valence electrons. The molecular weight excluding hydrogens is 496 g/mol. The van der Waals surface area contributed by atoms with E-state index in [4.69, 9.17) is 16.3 Å². The number of esters is 1. The van der Waals surface area contributed by atoms with Crippen molar-refractivity contribution in [3.63, 3.8) is 0 Å². The second-order valence-corrected chi connectivity index (χ2v) is 9.63. The van der Waals surface area contributed by atoms with Gasteiger partial charge in [-0.15, -0.1) is 0 Å². The van der Waals surface area contributed by atoms with Gasteiger partial charge in [-0.25, -0.2) is 9.79 Å². The molecule has 0 fully saturated rings. The monoisotopic (exact) mass is 516 g/mol. The Hall–Kier alpha value is -3.93. The maximum Gasteiger partial charge on any atom is 0.338 e. The molecule has 0 amide bonds. The van der Waals surface area contributed by atoms with Crippen molar-refractivity contribution in [2.45, 2.75) is 26.4 Å². The van der Waals surface area contributed by atoms with E-state index in [1.807, 2.05) is 47.2 Å². The molecule has 7 nitrogen and oxygen atoms in total. The first kappa shape index (κ1) is 23.8. The van der Waals surface area contributed by atoms with Gasteiger partial charge in [0.05, 0.1) is 28.5 Å². The summed E-state index contributed by atoms with van der Waals surface area (Å²) in [4.78, 5) is 31.9. The molecule has 5 rings (SSSR count). The molecule has 1 atom stereocenters. The molecule has 0 unspecified atom stereocenters. The molecule has 4 aromatic rings. The largest absolute Gasteiger partial charge is 0.463 e. The standard InChI is InChI=1S/C27H21ClN4O3S/c1-3-35-26(34)23-16(2)30-27-32(24(23)19-9-4-6-10-20(19)28)25(33)22(36-27)14-17-15-31(13-12-29)21-11-7-5-8-18(17)21/h4-11,14-15,24H,3,13H2,1-2H3/b22-14-/t24-/m1/s1. The van der Waals surface area contributed by atoms with Crippen LogP contribution >= 0.6 is 22.9 Å². The summed E-state index contributed by atoms with van der Waals surface area (Å²) in [5.41, 5.74) is 2.84. The lowest BCUT2D eigenvalue weighted by Crippen LogP contribution is -2.40. The molecule has 0 spiro atoms. The van der Waals surface area contributed by atoms with Crippen molar-refractivity contribution in [3.8, 4) is 6.07 Å². The number of allylic oxidation sites excluding steroid dienone is 1. The van der Waals surface area contributed by atoms with Crippen molar-refractivity contribution in [1.82, 2.24) is 9.13 Å². The van der Waals surface area contributed by atoms with Crippen LogP contribution in [0.4, 0.5) is 0 Å². The smallest absolute Gasteiger partial charge is 0.338 e. The van der Waals surface area contributed by atoms with Gasteiger partial charge in [-0.3, -0.25) is 9.36 Å². The highest BCUT2D eigenvalue weighted by atomic mass is 35.5. The number of carbonyl (C=O) groups is 1. The third-order valence-electron chi connectivity index (χ3n) is 6.06. The van der Waals surface area contributed by atoms with Crippen LogP contribution < -0.4 is 14.9 Å². The van der Waals surface area contributed by atoms with E-state index in [-0.39, 0.29) is 24.3 Å². The molecule has 2 aromatic heterocycles. The molecule has 9 heteroatoms. The lowest BCUT2D eigenvalue weighted by atomic mass is 9.96. The number of hydrogen-bond donors (Lipinski definition) is 0. The summed E-state index contributed by atoms with van der Waals surface area (Å²) < 4.78 is 9.16. The number of carbonyl (C=O) groups excluding carboxylic acids is 1. The lowest BCUT2D eigenvalue weighted by Gasteiger charge is -2.25. The van der Waals surface area contributed by atoms with Crippen molar-refractivity contribution in [1.29, 1.82) is 5.26 Å². The Bertz CT molecular complexity index is 1770. The number of para-hydroxylation sites is 1. The highest BCUT2D eigenvalue weighted by Crippen LogP contribution is 2.34. The topological polar surface area (TPSA) is 89.4 Å². The molecule has 2 aromatic carbocycles. The predicted octanol–water partition coefficient (Wildman–Crippen LogP) is 3.93. The van der Waals surface area contributed by atoms with Crippen molar-refractivity contribution in [2.24, 2.45) is 4.99 Å². The van der Waals surface area contributed by atoms with E-state index in [0.717, 1.165) is 16.5 Å². The van der Waals surface area contributed by atoms with Gasteiger partial charge in [0.25, 0.3) is 5.56 Å². The van der Waals surface area contributed by atoms with Crippen LogP contribution in [0, 0.1) is 11.3 Å². The summed E-state index contributed by atoms with van der Waals surface area (Å²) in [5, 5.41) is 10.6. The van der Waals surface area contributed by atoms with Crippen molar-refractivity contribution >= 4 is 45.9 Å². The van der Waals surface area contributed by atoms with Crippen LogP contribution in [0.2, 0.25) is 5.02 Å². The quantitative estimate of drug-likeness (QED) is 0.376. The van der Waals surface area contributed by atoms with Gasteiger partial charge in [0.1, 0.15) is 12.6 Å². The summed E-state index contributed by atoms with van der Waals surface area (Å²) in [5.74, 6) is -0.530. The third kappa shape index (κ3) is 3.96. The number of thiazole rings is 1. The van der Waals surface area contributed by atoms with Crippen molar-refractivity contribution in [3.05, 3.63) is 102 Å². The Morgan fingerprint density at radius 2 is 2.00 bits per heavy atom. The van der Waals surface area contributed by atoms with Crippen molar-refractivity contribution in [2.75, 3.05) is 6.61 Å². The maximum absolute atomic E-state index is 13.8. The van der Waals surface area contributed by atoms with Gasteiger partial charge < -0.3 is 9.30 Å². The third-order valence-corrected chi connectivity index (χ3v) is 7.39. The van der Waals surface area contributed by atoms with Crippen LogP contribution in [0.1, 0.15) is 31.0 Å². The van der Waals surface area contributed by atoms with Gasteiger partial charge in [-0.05, 0) is 37.6 Å². The number of hydrogen-bond acceptors (Lipinski definition) is 6. The van der Waals surface area contributed by atoms with Gasteiger partial charge in [0.15, 0.2) is 4.80 Å². The first-order valence-corrected chi connectivity index (χ1v) is 12.5. The minimum atomic E-state index is -0.768. The number of fused-ring (bicyclic) bond motifs is 2. The fraction of sp³-hybridized carbons (Fsp3) is 0.185. The fourth-order valence-electron chi connectivity index (χ4n) is 4.52. The zero-order valence-corrected chi connectivity index (χ0v) is 21.1. The summed E-state index contributed by atoms with van der Waals surface area (Å²) >= 11 is 7.80. The van der Waals surface area contributed by atoms with E-state index in [1.165, 1.54) is 15.9 Å². The molecule has 0 saturated heterocycles. The van der Waals surface area contributed by atoms with Crippen LogP contribution in [0.5, 0.6) is 0 Å². The minimum absolute atomic E-state index is 0.196. The number of rotatable bonds is 5. The normalized spacial score (nSPS) is 15.5. The summed E-state index contributed by atoms with van der Waals surface area (Å²) in [7, 11) is 0. The number of halogens is 1. The van der Waals surface area contributed by atoms with Gasteiger partial charge in [-0.1, -0.05) is 59.3 Å². The zero-order chi connectivity index (χ0) is 25.4. The Kier molecular flexibility index (Phi) is 6.35. The maximum atomic E-state index is 13.8. The van der Waals surface area contributed by atoms with Gasteiger partial charge in [0, 0.05) is 27.7 Å². The fourth-order valence-corrected chi connectivity index (χ4v) is 5.80. The zero-order valence-electron chi connectivity index (χ0n) is 19.6. The SMILES string of the molecule is CCOC(=O)C1=C(C)N=c2s/c(=C\c3cn(CC#N)c4ccccc34)c(=O)n2[C@@H]1c1ccccc1Cl. The van der Waals surface area contributed by atoms with E-state index in [2.05, 4.69) is 11.1 Å². The Morgan fingerprint density at radius 1 is 1.25 bits per heavy atom. The van der Waals surface area contributed by atoms with Gasteiger partial charge >= 0.3 is 5.97 Å². The predicted molar refractivity (Wildman–Crippen MR) is 139 cm³/mol. The van der Waals surface area contributed by atoms with E-state index in [1.54, 1.807) is 32.0 Å². The van der Waals surface area contributed by atoms with Gasteiger partial charge in [0.2, 0.25) is 0 Å². The van der Waals surface area contributed by atoms with Crippen LogP contribution in [-0.2, 0) is 16.1 Å².